The van der Waals surface area contributed by atoms with Gasteiger partial charge in [-0.1, -0.05) is 35.6 Å². The lowest BCUT2D eigenvalue weighted by atomic mass is 10.0. The van der Waals surface area contributed by atoms with E-state index in [1.165, 1.54) is 28.5 Å². The average molecular weight is 302 g/mol. The molecule has 5 heteroatoms. The summed E-state index contributed by atoms with van der Waals surface area (Å²) in [4.78, 5) is 6.48. The van der Waals surface area contributed by atoms with Gasteiger partial charge in [0.1, 0.15) is 11.3 Å². The minimum Gasteiger partial charge on any atom is -0.343 e. The van der Waals surface area contributed by atoms with Gasteiger partial charge < -0.3 is 4.90 Å². The lowest BCUT2D eigenvalue weighted by Gasteiger charge is -2.28. The van der Waals surface area contributed by atoms with Crippen molar-refractivity contribution in [3.63, 3.8) is 0 Å². The maximum atomic E-state index is 13.8. The monoisotopic (exact) mass is 302 g/mol. The zero-order chi connectivity index (χ0) is 14.4. The van der Waals surface area contributed by atoms with Gasteiger partial charge in [-0.2, -0.15) is 0 Å². The van der Waals surface area contributed by atoms with Gasteiger partial charge in [0.25, 0.3) is 0 Å². The highest BCUT2D eigenvalue weighted by atomic mass is 32.1. The van der Waals surface area contributed by atoms with E-state index in [4.69, 9.17) is 0 Å². The largest absolute Gasteiger partial charge is 0.343 e. The number of benzene rings is 2. The van der Waals surface area contributed by atoms with Crippen molar-refractivity contribution in [3.8, 4) is 0 Å². The maximum Gasteiger partial charge on any atom is 0.186 e. The van der Waals surface area contributed by atoms with Crippen LogP contribution in [0.1, 0.15) is 11.1 Å². The second-order valence-electron chi connectivity index (χ2n) is 5.17. The second kappa shape index (κ2) is 4.77. The van der Waals surface area contributed by atoms with Gasteiger partial charge in [-0.05, 0) is 23.6 Å². The molecule has 2 heterocycles. The van der Waals surface area contributed by atoms with Gasteiger partial charge in [-0.25, -0.2) is 13.8 Å². The molecule has 106 valence electrons. The van der Waals surface area contributed by atoms with Gasteiger partial charge in [0.05, 0.1) is 4.70 Å². The molecule has 0 N–H and O–H groups in total. The lowest BCUT2D eigenvalue weighted by Crippen LogP contribution is -2.30. The van der Waals surface area contributed by atoms with Gasteiger partial charge in [0.2, 0.25) is 0 Å². The molecule has 0 amide bonds. The maximum absolute atomic E-state index is 13.8. The van der Waals surface area contributed by atoms with E-state index in [-0.39, 0.29) is 5.52 Å². The molecular formula is C16H12F2N2S. The van der Waals surface area contributed by atoms with E-state index in [1.807, 2.05) is 12.1 Å². The first-order valence-corrected chi connectivity index (χ1v) is 7.60. The molecule has 1 aliphatic heterocycles. The topological polar surface area (TPSA) is 16.1 Å². The number of nitrogens with zero attached hydrogens (tertiary/aromatic N) is 2. The van der Waals surface area contributed by atoms with Gasteiger partial charge in [0.15, 0.2) is 10.9 Å². The van der Waals surface area contributed by atoms with Crippen LogP contribution in [0.25, 0.3) is 10.2 Å². The summed E-state index contributed by atoms with van der Waals surface area (Å²) in [6, 6.07) is 10.5. The van der Waals surface area contributed by atoms with Crippen molar-refractivity contribution in [2.24, 2.45) is 0 Å². The molecule has 0 radical (unpaired) electrons. The van der Waals surface area contributed by atoms with Gasteiger partial charge in [-0.3, -0.25) is 0 Å². The van der Waals surface area contributed by atoms with Crippen molar-refractivity contribution in [2.45, 2.75) is 13.0 Å². The van der Waals surface area contributed by atoms with Crippen LogP contribution < -0.4 is 4.90 Å². The Kier molecular flexibility index (Phi) is 2.89. The van der Waals surface area contributed by atoms with E-state index in [0.29, 0.717) is 4.70 Å². The Labute approximate surface area is 124 Å². The Morgan fingerprint density at radius 3 is 2.76 bits per heavy atom. The highest BCUT2D eigenvalue weighted by Gasteiger charge is 2.20. The molecule has 21 heavy (non-hydrogen) atoms. The molecule has 2 nitrogen and oxygen atoms in total. The predicted molar refractivity (Wildman–Crippen MR) is 80.7 cm³/mol. The molecule has 0 bridgehead atoms. The number of hydrogen-bond acceptors (Lipinski definition) is 3. The Balaban J connectivity index is 1.73. The third kappa shape index (κ3) is 2.17. The van der Waals surface area contributed by atoms with Crippen LogP contribution >= 0.6 is 11.3 Å². The second-order valence-corrected chi connectivity index (χ2v) is 6.18. The summed E-state index contributed by atoms with van der Waals surface area (Å²) >= 11 is 1.34. The lowest BCUT2D eigenvalue weighted by molar-refractivity contribution is 0.591. The van der Waals surface area contributed by atoms with Crippen molar-refractivity contribution in [3.05, 3.63) is 59.2 Å². The molecule has 2 aromatic carbocycles. The molecule has 0 saturated carbocycles. The molecule has 0 spiro atoms. The number of rotatable bonds is 1. The minimum absolute atomic E-state index is 0.259. The normalized spacial score (nSPS) is 14.5. The third-order valence-electron chi connectivity index (χ3n) is 3.80. The summed E-state index contributed by atoms with van der Waals surface area (Å²) < 4.78 is 27.6. The molecule has 4 rings (SSSR count). The van der Waals surface area contributed by atoms with E-state index < -0.39 is 11.6 Å². The summed E-state index contributed by atoms with van der Waals surface area (Å²) in [5.41, 5.74) is 2.89. The summed E-state index contributed by atoms with van der Waals surface area (Å²) in [6.07, 6.45) is 0.947. The Hall–Kier alpha value is -2.01. The van der Waals surface area contributed by atoms with Gasteiger partial charge in [0, 0.05) is 19.2 Å². The number of hydrogen-bond donors (Lipinski definition) is 0. The van der Waals surface area contributed by atoms with Crippen LogP contribution in [0.4, 0.5) is 13.9 Å². The molecule has 0 saturated heterocycles. The zero-order valence-corrected chi connectivity index (χ0v) is 12.0. The van der Waals surface area contributed by atoms with Gasteiger partial charge >= 0.3 is 0 Å². The number of aromatic nitrogens is 1. The van der Waals surface area contributed by atoms with Crippen molar-refractivity contribution >= 4 is 26.7 Å². The van der Waals surface area contributed by atoms with E-state index in [9.17, 15) is 8.78 Å². The Bertz CT molecular complexity index is 828. The summed E-state index contributed by atoms with van der Waals surface area (Å²) in [7, 11) is 0. The van der Waals surface area contributed by atoms with Crippen LogP contribution in [0.2, 0.25) is 0 Å². The molecule has 1 aromatic heterocycles. The predicted octanol–water partition coefficient (Wildman–Crippen LogP) is 4.14. The Morgan fingerprint density at radius 1 is 1.10 bits per heavy atom. The number of fused-ring (bicyclic) bond motifs is 2. The smallest absolute Gasteiger partial charge is 0.186 e. The fourth-order valence-electron chi connectivity index (χ4n) is 2.74. The fourth-order valence-corrected chi connectivity index (χ4v) is 3.77. The van der Waals surface area contributed by atoms with Crippen molar-refractivity contribution in [1.82, 2.24) is 4.98 Å². The first kappa shape index (κ1) is 12.7. The van der Waals surface area contributed by atoms with Crippen LogP contribution in [0.5, 0.6) is 0 Å². The van der Waals surface area contributed by atoms with Crippen LogP contribution in [0, 0.1) is 11.6 Å². The SMILES string of the molecule is Fc1cc(F)c2nc(N3CCc4ccccc4C3)sc2c1. The van der Waals surface area contributed by atoms with Crippen molar-refractivity contribution < 1.29 is 8.78 Å². The fraction of sp³-hybridized carbons (Fsp3) is 0.188. The van der Waals surface area contributed by atoms with Crippen LogP contribution in [-0.4, -0.2) is 11.5 Å². The quantitative estimate of drug-likeness (QED) is 0.671. The highest BCUT2D eigenvalue weighted by Crippen LogP contribution is 2.33. The summed E-state index contributed by atoms with van der Waals surface area (Å²) in [5, 5.41) is 0.754. The molecule has 1 aliphatic rings. The standard InChI is InChI=1S/C16H12F2N2S/c17-12-7-13(18)15-14(8-12)21-16(19-15)20-6-5-10-3-1-2-4-11(10)9-20/h1-4,7-8H,5-6,9H2. The van der Waals surface area contributed by atoms with Crippen LogP contribution in [-0.2, 0) is 13.0 Å². The van der Waals surface area contributed by atoms with E-state index >= 15 is 0 Å². The van der Waals surface area contributed by atoms with Crippen molar-refractivity contribution in [2.75, 3.05) is 11.4 Å². The van der Waals surface area contributed by atoms with E-state index in [2.05, 4.69) is 22.0 Å². The van der Waals surface area contributed by atoms with Crippen LogP contribution in [0.3, 0.4) is 0 Å². The zero-order valence-electron chi connectivity index (χ0n) is 11.1. The number of thiazole rings is 1. The summed E-state index contributed by atoms with van der Waals surface area (Å²) in [6.45, 7) is 1.61. The highest BCUT2D eigenvalue weighted by molar-refractivity contribution is 7.22. The minimum atomic E-state index is -0.593. The molecule has 3 aromatic rings. The first-order valence-electron chi connectivity index (χ1n) is 6.78. The molecular weight excluding hydrogens is 290 g/mol. The number of anilines is 1. The third-order valence-corrected chi connectivity index (χ3v) is 4.87. The van der Waals surface area contributed by atoms with Gasteiger partial charge in [-0.15, -0.1) is 0 Å². The first-order chi connectivity index (χ1) is 10.2. The summed E-state index contributed by atoms with van der Waals surface area (Å²) in [5.74, 6) is -1.15. The molecule has 0 fully saturated rings. The van der Waals surface area contributed by atoms with Crippen LogP contribution in [0.15, 0.2) is 36.4 Å². The molecule has 0 aliphatic carbocycles. The molecule has 0 atom stereocenters. The average Bonchev–Trinajstić information content (AvgIpc) is 2.91. The van der Waals surface area contributed by atoms with Crippen molar-refractivity contribution in [1.29, 1.82) is 0 Å². The van der Waals surface area contributed by atoms with E-state index in [1.54, 1.807) is 0 Å². The Morgan fingerprint density at radius 2 is 1.90 bits per heavy atom. The number of halogens is 2. The van der Waals surface area contributed by atoms with E-state index in [0.717, 1.165) is 30.7 Å². The molecule has 0 unspecified atom stereocenters.